The lowest BCUT2D eigenvalue weighted by molar-refractivity contribution is -0.117. The molecule has 0 aliphatic heterocycles. The first kappa shape index (κ1) is 14.9. The number of hydrogen-bond acceptors (Lipinski definition) is 5. The molecule has 0 spiro atoms. The van der Waals surface area contributed by atoms with Crippen molar-refractivity contribution in [3.8, 4) is 5.75 Å². The zero-order valence-corrected chi connectivity index (χ0v) is 12.3. The van der Waals surface area contributed by atoms with E-state index in [9.17, 15) is 4.79 Å². The van der Waals surface area contributed by atoms with Crippen LogP contribution >= 0.6 is 0 Å². The second-order valence-electron chi connectivity index (χ2n) is 4.62. The number of nitrogens with zero attached hydrogens (tertiary/aromatic N) is 1. The maximum absolute atomic E-state index is 12.3. The van der Waals surface area contributed by atoms with Gasteiger partial charge >= 0.3 is 0 Å². The Bertz CT molecular complexity index is 610. The van der Waals surface area contributed by atoms with Gasteiger partial charge in [0, 0.05) is 6.07 Å². The number of carbonyl (C=O) groups excluding carboxylic acids is 1. The van der Waals surface area contributed by atoms with Gasteiger partial charge in [0.1, 0.15) is 17.6 Å². The monoisotopic (exact) mass is 289 g/mol. The molecular weight excluding hydrogens is 270 g/mol. The highest BCUT2D eigenvalue weighted by Gasteiger charge is 2.18. The molecule has 0 fully saturated rings. The maximum Gasteiger partial charge on any atom is 0.248 e. The number of benzene rings is 1. The number of aryl methyl sites for hydroxylation is 1. The minimum absolute atomic E-state index is 0.170. The molecule has 1 amide bonds. The Kier molecular flexibility index (Phi) is 4.81. The molecule has 2 rings (SSSR count). The number of rotatable bonds is 6. The molecule has 1 atom stereocenters. The van der Waals surface area contributed by atoms with Crippen molar-refractivity contribution in [2.45, 2.75) is 26.3 Å². The fraction of sp³-hybridized carbons (Fsp3) is 0.333. The van der Waals surface area contributed by atoms with Gasteiger partial charge in [0.2, 0.25) is 5.91 Å². The second-order valence-corrected chi connectivity index (χ2v) is 4.62. The van der Waals surface area contributed by atoms with Gasteiger partial charge in [-0.3, -0.25) is 4.79 Å². The highest BCUT2D eigenvalue weighted by Crippen LogP contribution is 2.24. The van der Waals surface area contributed by atoms with Crippen molar-refractivity contribution in [1.29, 1.82) is 0 Å². The van der Waals surface area contributed by atoms with Crippen molar-refractivity contribution >= 4 is 17.4 Å². The fourth-order valence-electron chi connectivity index (χ4n) is 1.94. The lowest BCUT2D eigenvalue weighted by atomic mass is 10.2. The van der Waals surface area contributed by atoms with Crippen molar-refractivity contribution in [3.63, 3.8) is 0 Å². The first-order chi connectivity index (χ1) is 10.1. The van der Waals surface area contributed by atoms with Gasteiger partial charge in [0.25, 0.3) is 0 Å². The van der Waals surface area contributed by atoms with E-state index in [1.807, 2.05) is 31.2 Å². The van der Waals surface area contributed by atoms with Gasteiger partial charge in [0.15, 0.2) is 5.82 Å². The smallest absolute Gasteiger partial charge is 0.248 e. The van der Waals surface area contributed by atoms with Crippen LogP contribution in [0.2, 0.25) is 0 Å². The molecule has 0 bridgehead atoms. The van der Waals surface area contributed by atoms with Crippen LogP contribution in [0.4, 0.5) is 11.5 Å². The van der Waals surface area contributed by atoms with Gasteiger partial charge in [-0.05, 0) is 25.5 Å². The minimum atomic E-state index is -0.390. The molecule has 6 heteroatoms. The van der Waals surface area contributed by atoms with E-state index in [0.29, 0.717) is 23.7 Å². The fourth-order valence-corrected chi connectivity index (χ4v) is 1.94. The van der Waals surface area contributed by atoms with Crippen LogP contribution in [-0.4, -0.2) is 24.2 Å². The van der Waals surface area contributed by atoms with Crippen molar-refractivity contribution in [3.05, 3.63) is 36.1 Å². The highest BCUT2D eigenvalue weighted by atomic mass is 16.5. The van der Waals surface area contributed by atoms with Crippen molar-refractivity contribution in [2.24, 2.45) is 0 Å². The third kappa shape index (κ3) is 3.75. The number of ether oxygens (including phenoxy) is 1. The third-order valence-electron chi connectivity index (χ3n) is 3.04. The molecule has 112 valence electrons. The number of anilines is 2. The van der Waals surface area contributed by atoms with E-state index in [-0.39, 0.29) is 5.91 Å². The molecular formula is C15H19N3O3. The number of aromatic nitrogens is 1. The van der Waals surface area contributed by atoms with Crippen molar-refractivity contribution < 1.29 is 14.1 Å². The summed E-state index contributed by atoms with van der Waals surface area (Å²) in [7, 11) is 1.60. The molecule has 6 nitrogen and oxygen atoms in total. The summed E-state index contributed by atoms with van der Waals surface area (Å²) < 4.78 is 10.2. The molecule has 0 saturated heterocycles. The summed E-state index contributed by atoms with van der Waals surface area (Å²) in [4.78, 5) is 12.3. The van der Waals surface area contributed by atoms with Crippen LogP contribution in [-0.2, 0) is 4.79 Å². The number of amides is 1. The van der Waals surface area contributed by atoms with E-state index in [2.05, 4.69) is 15.8 Å². The van der Waals surface area contributed by atoms with Crippen LogP contribution in [0.15, 0.2) is 34.9 Å². The number of para-hydroxylation sites is 2. The van der Waals surface area contributed by atoms with E-state index < -0.39 is 6.04 Å². The summed E-state index contributed by atoms with van der Waals surface area (Å²) in [6.45, 7) is 3.70. The number of hydrogen-bond donors (Lipinski definition) is 2. The standard InChI is InChI=1S/C15H19N3O3/c1-4-11(15(19)17-14-9-10(2)21-18-14)16-12-7-5-6-8-13(12)20-3/h5-9,11,16H,4H2,1-3H3,(H,17,18,19). The molecule has 0 aliphatic rings. The Morgan fingerprint density at radius 2 is 2.19 bits per heavy atom. The van der Waals surface area contributed by atoms with Crippen LogP contribution in [0, 0.1) is 6.92 Å². The highest BCUT2D eigenvalue weighted by molar-refractivity contribution is 5.96. The van der Waals surface area contributed by atoms with Crippen LogP contribution in [0.25, 0.3) is 0 Å². The van der Waals surface area contributed by atoms with E-state index >= 15 is 0 Å². The summed E-state index contributed by atoms with van der Waals surface area (Å²) in [5.74, 6) is 1.59. The first-order valence-corrected chi connectivity index (χ1v) is 6.77. The molecule has 2 N–H and O–H groups in total. The van der Waals surface area contributed by atoms with Gasteiger partial charge in [-0.2, -0.15) is 0 Å². The summed E-state index contributed by atoms with van der Waals surface area (Å²) in [6.07, 6.45) is 0.626. The molecule has 1 aromatic carbocycles. The molecule has 0 saturated carbocycles. The Balaban J connectivity index is 2.06. The SMILES string of the molecule is CCC(Nc1ccccc1OC)C(=O)Nc1cc(C)on1. The van der Waals surface area contributed by atoms with Crippen LogP contribution < -0.4 is 15.4 Å². The van der Waals surface area contributed by atoms with Crippen molar-refractivity contribution in [1.82, 2.24) is 5.16 Å². The zero-order chi connectivity index (χ0) is 15.2. The summed E-state index contributed by atoms with van der Waals surface area (Å²) >= 11 is 0. The van der Waals surface area contributed by atoms with E-state index in [0.717, 1.165) is 5.69 Å². The lowest BCUT2D eigenvalue weighted by Gasteiger charge is -2.18. The van der Waals surface area contributed by atoms with Crippen LogP contribution in [0.3, 0.4) is 0 Å². The lowest BCUT2D eigenvalue weighted by Crippen LogP contribution is -2.34. The average Bonchev–Trinajstić information content (AvgIpc) is 2.90. The summed E-state index contributed by atoms with van der Waals surface area (Å²) in [5, 5.41) is 9.66. The van der Waals surface area contributed by atoms with Crippen molar-refractivity contribution in [2.75, 3.05) is 17.7 Å². The Morgan fingerprint density at radius 3 is 2.81 bits per heavy atom. The number of nitrogens with one attached hydrogen (secondary N) is 2. The van der Waals surface area contributed by atoms with E-state index in [1.54, 1.807) is 20.1 Å². The van der Waals surface area contributed by atoms with Gasteiger partial charge < -0.3 is 19.9 Å². The Hall–Kier alpha value is -2.50. The molecule has 1 heterocycles. The van der Waals surface area contributed by atoms with Crippen LogP contribution in [0.1, 0.15) is 19.1 Å². The molecule has 1 unspecified atom stereocenters. The van der Waals surface area contributed by atoms with Gasteiger partial charge in [0.05, 0.1) is 12.8 Å². The number of methoxy groups -OCH3 is 1. The van der Waals surface area contributed by atoms with Gasteiger partial charge in [-0.15, -0.1) is 0 Å². The molecule has 0 radical (unpaired) electrons. The Morgan fingerprint density at radius 1 is 1.43 bits per heavy atom. The normalized spacial score (nSPS) is 11.8. The van der Waals surface area contributed by atoms with Gasteiger partial charge in [-0.1, -0.05) is 24.2 Å². The molecule has 1 aromatic heterocycles. The summed E-state index contributed by atoms with van der Waals surface area (Å²) in [5.41, 5.74) is 0.776. The minimum Gasteiger partial charge on any atom is -0.495 e. The van der Waals surface area contributed by atoms with E-state index in [4.69, 9.17) is 9.26 Å². The molecule has 21 heavy (non-hydrogen) atoms. The maximum atomic E-state index is 12.3. The zero-order valence-electron chi connectivity index (χ0n) is 12.3. The first-order valence-electron chi connectivity index (χ1n) is 6.77. The van der Waals surface area contributed by atoms with Crippen LogP contribution in [0.5, 0.6) is 5.75 Å². The quantitative estimate of drug-likeness (QED) is 0.855. The number of carbonyl (C=O) groups is 1. The largest absolute Gasteiger partial charge is 0.495 e. The Labute approximate surface area is 123 Å². The van der Waals surface area contributed by atoms with E-state index in [1.165, 1.54) is 0 Å². The predicted molar refractivity (Wildman–Crippen MR) is 80.6 cm³/mol. The topological polar surface area (TPSA) is 76.4 Å². The predicted octanol–water partition coefficient (Wildman–Crippen LogP) is 2.82. The average molecular weight is 289 g/mol. The third-order valence-corrected chi connectivity index (χ3v) is 3.04. The van der Waals surface area contributed by atoms with Gasteiger partial charge in [-0.25, -0.2) is 0 Å². The second kappa shape index (κ2) is 6.78. The molecule has 2 aromatic rings. The molecule has 0 aliphatic carbocycles. The summed E-state index contributed by atoms with van der Waals surface area (Å²) in [6, 6.07) is 8.76.